The van der Waals surface area contributed by atoms with Crippen molar-refractivity contribution in [3.8, 4) is 0 Å². The van der Waals surface area contributed by atoms with Crippen LogP contribution in [0.5, 0.6) is 0 Å². The van der Waals surface area contributed by atoms with Crippen LogP contribution in [0.4, 0.5) is 5.69 Å². The third-order valence-electron chi connectivity index (χ3n) is 3.04. The Kier molecular flexibility index (Phi) is 2.90. The molecule has 0 radical (unpaired) electrons. The second-order valence-electron chi connectivity index (χ2n) is 4.65. The van der Waals surface area contributed by atoms with Gasteiger partial charge in [-0.05, 0) is 24.8 Å². The fourth-order valence-corrected chi connectivity index (χ4v) is 1.91. The number of anilines is 1. The molecule has 2 unspecified atom stereocenters. The molecule has 0 saturated heterocycles. The number of nitrogens with zero attached hydrogens (tertiary/aromatic N) is 1. The molecule has 1 aromatic rings. The van der Waals surface area contributed by atoms with E-state index in [1.165, 1.54) is 0 Å². The molecule has 3 N–H and O–H groups in total. The van der Waals surface area contributed by atoms with Gasteiger partial charge in [0.15, 0.2) is 0 Å². The molecule has 2 rings (SSSR count). The highest BCUT2D eigenvalue weighted by Crippen LogP contribution is 2.29. The van der Waals surface area contributed by atoms with Crippen LogP contribution in [0, 0.1) is 5.92 Å². The summed E-state index contributed by atoms with van der Waals surface area (Å²) in [6, 6.07) is 2.11. The summed E-state index contributed by atoms with van der Waals surface area (Å²) in [7, 11) is 0. The molecule has 1 heterocycles. The van der Waals surface area contributed by atoms with E-state index < -0.39 is 0 Å². The molecule has 0 bridgehead atoms. The van der Waals surface area contributed by atoms with Crippen LogP contribution in [0.1, 0.15) is 37.2 Å². The minimum Gasteiger partial charge on any atom is -0.397 e. The van der Waals surface area contributed by atoms with Gasteiger partial charge in [0.2, 0.25) is 0 Å². The van der Waals surface area contributed by atoms with E-state index in [1.54, 1.807) is 6.07 Å². The molecular formula is C12H19N3O. The molecule has 4 nitrogen and oxygen atoms in total. The van der Waals surface area contributed by atoms with E-state index in [2.05, 4.69) is 19.2 Å². The number of carbonyl (C=O) groups is 1. The fourth-order valence-electron chi connectivity index (χ4n) is 1.91. The second-order valence-corrected chi connectivity index (χ2v) is 4.65. The maximum Gasteiger partial charge on any atom is 0.268 e. The maximum absolute atomic E-state index is 12.0. The molecule has 1 aliphatic rings. The number of nitrogen functional groups attached to an aromatic ring is 1. The van der Waals surface area contributed by atoms with E-state index in [4.69, 9.17) is 5.73 Å². The van der Waals surface area contributed by atoms with Gasteiger partial charge in [0.1, 0.15) is 5.69 Å². The molecule has 0 spiro atoms. The molecule has 16 heavy (non-hydrogen) atoms. The first kappa shape index (κ1) is 11.0. The van der Waals surface area contributed by atoms with Crippen LogP contribution >= 0.6 is 0 Å². The molecule has 1 saturated carbocycles. The zero-order valence-electron chi connectivity index (χ0n) is 9.86. The van der Waals surface area contributed by atoms with Gasteiger partial charge in [0.05, 0.1) is 5.69 Å². The lowest BCUT2D eigenvalue weighted by Crippen LogP contribution is -2.28. The van der Waals surface area contributed by atoms with Crippen LogP contribution in [0.2, 0.25) is 0 Å². The largest absolute Gasteiger partial charge is 0.397 e. The number of aryl methyl sites for hydroxylation is 1. The summed E-state index contributed by atoms with van der Waals surface area (Å²) < 4.78 is 1.93. The highest BCUT2D eigenvalue weighted by atomic mass is 16.2. The van der Waals surface area contributed by atoms with E-state index in [9.17, 15) is 4.79 Å². The van der Waals surface area contributed by atoms with Gasteiger partial charge < -0.3 is 15.6 Å². The topological polar surface area (TPSA) is 60.0 Å². The number of aromatic nitrogens is 1. The zero-order chi connectivity index (χ0) is 11.7. The highest BCUT2D eigenvalue weighted by Gasteiger charge is 2.34. The standard InChI is InChI=1S/C12H19N3O/c1-3-4-15-7-9(13)6-11(15)12(16)14-10-5-8(10)2/h6-8,10H,3-5,13H2,1-2H3,(H,14,16). The van der Waals surface area contributed by atoms with Crippen molar-refractivity contribution in [2.45, 2.75) is 39.3 Å². The van der Waals surface area contributed by atoms with Crippen molar-refractivity contribution >= 4 is 11.6 Å². The van der Waals surface area contributed by atoms with Crippen molar-refractivity contribution in [1.29, 1.82) is 0 Å². The summed E-state index contributed by atoms with van der Waals surface area (Å²) in [5, 5.41) is 3.02. The average Bonchev–Trinajstić information content (AvgIpc) is 2.75. The fraction of sp³-hybridized carbons (Fsp3) is 0.583. The third-order valence-corrected chi connectivity index (χ3v) is 3.04. The van der Waals surface area contributed by atoms with E-state index in [1.807, 2.05) is 10.8 Å². The quantitative estimate of drug-likeness (QED) is 0.811. The van der Waals surface area contributed by atoms with Crippen LogP contribution in [0.15, 0.2) is 12.3 Å². The number of amides is 1. The van der Waals surface area contributed by atoms with Gasteiger partial charge in [-0.3, -0.25) is 4.79 Å². The van der Waals surface area contributed by atoms with Gasteiger partial charge >= 0.3 is 0 Å². The summed E-state index contributed by atoms with van der Waals surface area (Å²) in [6.45, 7) is 5.06. The average molecular weight is 221 g/mol. The SMILES string of the molecule is CCCn1cc(N)cc1C(=O)NC1CC1C. The van der Waals surface area contributed by atoms with Crippen LogP contribution in [0.3, 0.4) is 0 Å². The number of nitrogens with one attached hydrogen (secondary N) is 1. The van der Waals surface area contributed by atoms with Crippen molar-refractivity contribution in [2.24, 2.45) is 5.92 Å². The number of carbonyl (C=O) groups excluding carboxylic acids is 1. The lowest BCUT2D eigenvalue weighted by atomic mass is 10.3. The summed E-state index contributed by atoms with van der Waals surface area (Å²) in [6.07, 6.45) is 3.92. The first-order chi connectivity index (χ1) is 7.61. The Morgan fingerprint density at radius 1 is 1.69 bits per heavy atom. The molecule has 1 aliphatic carbocycles. The maximum atomic E-state index is 12.0. The molecule has 2 atom stereocenters. The van der Waals surface area contributed by atoms with E-state index >= 15 is 0 Å². The lowest BCUT2D eigenvalue weighted by Gasteiger charge is -2.07. The summed E-state index contributed by atoms with van der Waals surface area (Å²) in [5.74, 6) is 0.621. The van der Waals surface area contributed by atoms with E-state index in [0.29, 0.717) is 23.3 Å². The molecule has 1 amide bonds. The van der Waals surface area contributed by atoms with Gasteiger partial charge in [-0.15, -0.1) is 0 Å². The second kappa shape index (κ2) is 4.20. The number of hydrogen-bond acceptors (Lipinski definition) is 2. The van der Waals surface area contributed by atoms with Gasteiger partial charge in [-0.1, -0.05) is 13.8 Å². The first-order valence-corrected chi connectivity index (χ1v) is 5.88. The molecule has 1 aromatic heterocycles. The van der Waals surface area contributed by atoms with Crippen molar-refractivity contribution in [3.63, 3.8) is 0 Å². The summed E-state index contributed by atoms with van der Waals surface area (Å²) >= 11 is 0. The zero-order valence-corrected chi connectivity index (χ0v) is 9.86. The van der Waals surface area contributed by atoms with Crippen LogP contribution < -0.4 is 11.1 Å². The van der Waals surface area contributed by atoms with Crippen LogP contribution in [-0.2, 0) is 6.54 Å². The predicted octanol–water partition coefficient (Wildman–Crippen LogP) is 1.62. The Hall–Kier alpha value is -1.45. The van der Waals surface area contributed by atoms with Crippen molar-refractivity contribution in [1.82, 2.24) is 9.88 Å². The van der Waals surface area contributed by atoms with Crippen molar-refractivity contribution in [3.05, 3.63) is 18.0 Å². The van der Waals surface area contributed by atoms with Crippen molar-refractivity contribution in [2.75, 3.05) is 5.73 Å². The molecular weight excluding hydrogens is 202 g/mol. The van der Waals surface area contributed by atoms with Crippen LogP contribution in [-0.4, -0.2) is 16.5 Å². The molecule has 0 aliphatic heterocycles. The number of hydrogen-bond donors (Lipinski definition) is 2. The minimum absolute atomic E-state index is 0.000463. The Morgan fingerprint density at radius 2 is 2.38 bits per heavy atom. The molecule has 1 fully saturated rings. The lowest BCUT2D eigenvalue weighted by molar-refractivity contribution is 0.0940. The summed E-state index contributed by atoms with van der Waals surface area (Å²) in [4.78, 5) is 12.0. The van der Waals surface area contributed by atoms with Gasteiger partial charge in [-0.25, -0.2) is 0 Å². The highest BCUT2D eigenvalue weighted by molar-refractivity contribution is 5.94. The Bertz CT molecular complexity index is 397. The monoisotopic (exact) mass is 221 g/mol. The van der Waals surface area contributed by atoms with Gasteiger partial charge in [-0.2, -0.15) is 0 Å². The minimum atomic E-state index is -0.000463. The van der Waals surface area contributed by atoms with E-state index in [0.717, 1.165) is 19.4 Å². The Morgan fingerprint density at radius 3 is 2.94 bits per heavy atom. The van der Waals surface area contributed by atoms with Gasteiger partial charge in [0, 0.05) is 18.8 Å². The third kappa shape index (κ3) is 2.21. The molecule has 0 aromatic carbocycles. The van der Waals surface area contributed by atoms with E-state index in [-0.39, 0.29) is 5.91 Å². The van der Waals surface area contributed by atoms with Crippen molar-refractivity contribution < 1.29 is 4.79 Å². The predicted molar refractivity (Wildman–Crippen MR) is 64.2 cm³/mol. The molecule has 88 valence electrons. The smallest absolute Gasteiger partial charge is 0.268 e. The Labute approximate surface area is 95.8 Å². The van der Waals surface area contributed by atoms with Crippen LogP contribution in [0.25, 0.3) is 0 Å². The van der Waals surface area contributed by atoms with Gasteiger partial charge in [0.25, 0.3) is 5.91 Å². The summed E-state index contributed by atoms with van der Waals surface area (Å²) in [5.41, 5.74) is 7.05. The molecule has 4 heteroatoms. The number of rotatable bonds is 4. The Balaban J connectivity index is 2.08. The first-order valence-electron chi connectivity index (χ1n) is 5.88. The number of nitrogens with two attached hydrogens (primary N) is 1. The normalized spacial score (nSPS) is 23.1.